The summed E-state index contributed by atoms with van der Waals surface area (Å²) in [4.78, 5) is 0. The molecule has 1 fully saturated rings. The fourth-order valence-electron chi connectivity index (χ4n) is 2.60. The molecule has 77 valence electrons. The average Bonchev–Trinajstić information content (AvgIpc) is 2.77. The fourth-order valence-corrected chi connectivity index (χ4v) is 2.60. The van der Waals surface area contributed by atoms with Gasteiger partial charge in [0.05, 0.1) is 0 Å². The van der Waals surface area contributed by atoms with E-state index < -0.39 is 0 Å². The van der Waals surface area contributed by atoms with E-state index in [1.165, 1.54) is 29.5 Å². The van der Waals surface area contributed by atoms with Gasteiger partial charge in [-0.15, -0.1) is 0 Å². The molecule has 1 aliphatic carbocycles. The second-order valence-corrected chi connectivity index (χ2v) is 4.51. The van der Waals surface area contributed by atoms with E-state index in [2.05, 4.69) is 35.7 Å². The van der Waals surface area contributed by atoms with Crippen molar-refractivity contribution >= 4 is 6.08 Å². The third-order valence-electron chi connectivity index (χ3n) is 3.55. The van der Waals surface area contributed by atoms with Crippen LogP contribution in [0.25, 0.3) is 6.08 Å². The molecule has 1 aromatic carbocycles. The monoisotopic (exact) mass is 198 g/mol. The summed E-state index contributed by atoms with van der Waals surface area (Å²) in [7, 11) is 0. The summed E-state index contributed by atoms with van der Waals surface area (Å²) in [6.45, 7) is 2.11. The highest BCUT2D eigenvalue weighted by Crippen LogP contribution is 2.29. The van der Waals surface area contributed by atoms with E-state index in [-0.39, 0.29) is 0 Å². The molecule has 0 amide bonds. The Hall–Kier alpha value is -1.08. The fraction of sp³-hybridized carbons (Fsp3) is 0.429. The van der Waals surface area contributed by atoms with E-state index in [1.807, 2.05) is 0 Å². The standard InChI is InChI=1S/C14H16N/c1-2-11-4-5-14(10-13(11)3-1)12-6-8-15-9-7-12/h1,3-5,10,12H,2,6-9H2. The van der Waals surface area contributed by atoms with Crippen LogP contribution in [-0.2, 0) is 6.42 Å². The third-order valence-corrected chi connectivity index (χ3v) is 3.55. The second kappa shape index (κ2) is 3.82. The molecule has 0 spiro atoms. The topological polar surface area (TPSA) is 14.1 Å². The van der Waals surface area contributed by atoms with Crippen molar-refractivity contribution in [1.82, 2.24) is 5.32 Å². The van der Waals surface area contributed by atoms with E-state index in [9.17, 15) is 0 Å². The van der Waals surface area contributed by atoms with Gasteiger partial charge in [0, 0.05) is 13.1 Å². The zero-order chi connectivity index (χ0) is 10.1. The van der Waals surface area contributed by atoms with Crippen molar-refractivity contribution < 1.29 is 0 Å². The number of fused-ring (bicyclic) bond motifs is 1. The minimum absolute atomic E-state index is 0.752. The Balaban J connectivity index is 1.88. The Bertz CT molecular complexity index is 386. The highest BCUT2D eigenvalue weighted by molar-refractivity contribution is 5.60. The van der Waals surface area contributed by atoms with Gasteiger partial charge in [-0.3, -0.25) is 0 Å². The van der Waals surface area contributed by atoms with Gasteiger partial charge in [0.15, 0.2) is 0 Å². The van der Waals surface area contributed by atoms with Crippen LogP contribution in [0.4, 0.5) is 0 Å². The third kappa shape index (κ3) is 1.72. The molecule has 2 aliphatic rings. The van der Waals surface area contributed by atoms with Gasteiger partial charge in [0.2, 0.25) is 0 Å². The minimum Gasteiger partial charge on any atom is -0.242 e. The molecule has 0 saturated carbocycles. The molecule has 0 unspecified atom stereocenters. The molecule has 1 radical (unpaired) electrons. The summed E-state index contributed by atoms with van der Waals surface area (Å²) in [6.07, 6.45) is 8.11. The number of hydrogen-bond donors (Lipinski definition) is 0. The van der Waals surface area contributed by atoms with Crippen LogP contribution >= 0.6 is 0 Å². The lowest BCUT2D eigenvalue weighted by Gasteiger charge is -2.22. The van der Waals surface area contributed by atoms with Crippen LogP contribution < -0.4 is 5.32 Å². The Kier molecular flexibility index (Phi) is 2.34. The van der Waals surface area contributed by atoms with Crippen LogP contribution in [0.1, 0.15) is 35.4 Å². The minimum atomic E-state index is 0.752. The van der Waals surface area contributed by atoms with Crippen LogP contribution in [0.5, 0.6) is 0 Å². The maximum Gasteiger partial charge on any atom is 0.0139 e. The van der Waals surface area contributed by atoms with Crippen molar-refractivity contribution in [2.75, 3.05) is 13.1 Å². The van der Waals surface area contributed by atoms with Crippen LogP contribution in [-0.4, -0.2) is 13.1 Å². The van der Waals surface area contributed by atoms with Crippen LogP contribution in [0.3, 0.4) is 0 Å². The number of nitrogens with zero attached hydrogens (tertiary/aromatic N) is 1. The van der Waals surface area contributed by atoms with Gasteiger partial charge in [-0.2, -0.15) is 0 Å². The maximum atomic E-state index is 4.41. The van der Waals surface area contributed by atoms with Gasteiger partial charge in [-0.25, -0.2) is 5.32 Å². The molecule has 15 heavy (non-hydrogen) atoms. The number of hydrogen-bond acceptors (Lipinski definition) is 0. The van der Waals surface area contributed by atoms with Gasteiger partial charge in [-0.05, 0) is 41.9 Å². The quantitative estimate of drug-likeness (QED) is 0.659. The molecular weight excluding hydrogens is 182 g/mol. The normalized spacial score (nSPS) is 20.5. The van der Waals surface area contributed by atoms with E-state index >= 15 is 0 Å². The van der Waals surface area contributed by atoms with E-state index in [0.29, 0.717) is 0 Å². The molecule has 1 nitrogen and oxygen atoms in total. The zero-order valence-corrected chi connectivity index (χ0v) is 8.95. The molecule has 0 aromatic heterocycles. The molecule has 3 rings (SSSR count). The summed E-state index contributed by atoms with van der Waals surface area (Å²) in [5.41, 5.74) is 4.45. The molecule has 1 heteroatoms. The van der Waals surface area contributed by atoms with Gasteiger partial charge in [0.25, 0.3) is 0 Å². The molecule has 1 saturated heterocycles. The Morgan fingerprint density at radius 3 is 2.87 bits per heavy atom. The molecule has 1 heterocycles. The predicted molar refractivity (Wildman–Crippen MR) is 63.0 cm³/mol. The summed E-state index contributed by atoms with van der Waals surface area (Å²) in [6, 6.07) is 7.01. The molecule has 0 atom stereocenters. The lowest BCUT2D eigenvalue weighted by Crippen LogP contribution is -2.21. The molecule has 0 bridgehead atoms. The molecule has 1 aromatic rings. The van der Waals surface area contributed by atoms with E-state index in [0.717, 1.165) is 25.4 Å². The molecule has 0 N–H and O–H groups in total. The van der Waals surface area contributed by atoms with Gasteiger partial charge in [-0.1, -0.05) is 30.4 Å². The van der Waals surface area contributed by atoms with E-state index in [4.69, 9.17) is 0 Å². The van der Waals surface area contributed by atoms with Crippen LogP contribution in [0.15, 0.2) is 24.3 Å². The van der Waals surface area contributed by atoms with Crippen molar-refractivity contribution in [2.24, 2.45) is 0 Å². The van der Waals surface area contributed by atoms with Crippen LogP contribution in [0, 0.1) is 0 Å². The summed E-state index contributed by atoms with van der Waals surface area (Å²) < 4.78 is 0. The zero-order valence-electron chi connectivity index (χ0n) is 8.95. The average molecular weight is 198 g/mol. The van der Waals surface area contributed by atoms with Crippen molar-refractivity contribution in [1.29, 1.82) is 0 Å². The molecule has 1 aliphatic heterocycles. The lowest BCUT2D eigenvalue weighted by molar-refractivity contribution is 0.453. The lowest BCUT2D eigenvalue weighted by atomic mass is 9.88. The van der Waals surface area contributed by atoms with Crippen molar-refractivity contribution in [3.8, 4) is 0 Å². The Labute approximate surface area is 91.2 Å². The van der Waals surface area contributed by atoms with Crippen LogP contribution in [0.2, 0.25) is 0 Å². The first-order valence-corrected chi connectivity index (χ1v) is 5.86. The van der Waals surface area contributed by atoms with Gasteiger partial charge < -0.3 is 0 Å². The first kappa shape index (κ1) is 9.17. The van der Waals surface area contributed by atoms with Gasteiger partial charge >= 0.3 is 0 Å². The molecular formula is C14H16N. The smallest absolute Gasteiger partial charge is 0.0139 e. The number of rotatable bonds is 1. The van der Waals surface area contributed by atoms with Crippen molar-refractivity contribution in [3.63, 3.8) is 0 Å². The van der Waals surface area contributed by atoms with Crippen molar-refractivity contribution in [2.45, 2.75) is 25.2 Å². The highest BCUT2D eigenvalue weighted by atomic mass is 14.9. The number of benzene rings is 1. The number of piperidine rings is 1. The summed E-state index contributed by atoms with van der Waals surface area (Å²) >= 11 is 0. The number of allylic oxidation sites excluding steroid dienone is 1. The summed E-state index contributed by atoms with van der Waals surface area (Å²) in [5.74, 6) is 0.752. The largest absolute Gasteiger partial charge is 0.242 e. The Morgan fingerprint density at radius 2 is 2.00 bits per heavy atom. The first-order chi connectivity index (χ1) is 7.43. The maximum absolute atomic E-state index is 4.41. The second-order valence-electron chi connectivity index (χ2n) is 4.51. The Morgan fingerprint density at radius 1 is 1.13 bits per heavy atom. The van der Waals surface area contributed by atoms with Crippen molar-refractivity contribution in [3.05, 3.63) is 41.0 Å². The first-order valence-electron chi connectivity index (χ1n) is 5.86. The SMILES string of the molecule is C1=Cc2cc(C3CC[N]CC3)ccc2C1. The summed E-state index contributed by atoms with van der Waals surface area (Å²) in [5, 5.41) is 4.41. The van der Waals surface area contributed by atoms with E-state index in [1.54, 1.807) is 0 Å². The predicted octanol–water partition coefficient (Wildman–Crippen LogP) is 2.74. The highest BCUT2D eigenvalue weighted by Gasteiger charge is 2.17. The van der Waals surface area contributed by atoms with Gasteiger partial charge in [0.1, 0.15) is 0 Å².